The zero-order valence-corrected chi connectivity index (χ0v) is 21.2. The minimum absolute atomic E-state index is 0.391. The van der Waals surface area contributed by atoms with E-state index >= 15 is 0 Å². The van der Waals surface area contributed by atoms with Gasteiger partial charge < -0.3 is 9.47 Å². The van der Waals surface area contributed by atoms with Crippen molar-refractivity contribution >= 4 is 40.5 Å². The van der Waals surface area contributed by atoms with E-state index < -0.39 is 5.97 Å². The Labute approximate surface area is 210 Å². The molecule has 3 aromatic rings. The smallest absolute Gasteiger partial charge is 0.343 e. The Morgan fingerprint density at radius 2 is 1.58 bits per heavy atom. The Morgan fingerprint density at radius 3 is 2.30 bits per heavy atom. The molecule has 0 amide bonds. The van der Waals surface area contributed by atoms with Crippen molar-refractivity contribution in [2.45, 2.75) is 45.4 Å². The highest BCUT2D eigenvalue weighted by Gasteiger charge is 2.09. The second-order valence-electron chi connectivity index (χ2n) is 7.84. The van der Waals surface area contributed by atoms with E-state index in [0.29, 0.717) is 17.9 Å². The molecular formula is C28H30INO3. The lowest BCUT2D eigenvalue weighted by Crippen LogP contribution is -2.08. The summed E-state index contributed by atoms with van der Waals surface area (Å²) in [5.41, 5.74) is 2.32. The van der Waals surface area contributed by atoms with E-state index in [1.165, 1.54) is 32.1 Å². The average molecular weight is 555 g/mol. The molecule has 0 aromatic heterocycles. The minimum atomic E-state index is -0.391. The summed E-state index contributed by atoms with van der Waals surface area (Å²) >= 11 is 2.26. The van der Waals surface area contributed by atoms with Gasteiger partial charge >= 0.3 is 5.97 Å². The van der Waals surface area contributed by atoms with E-state index in [0.717, 1.165) is 27.0 Å². The number of carbonyl (C=O) groups is 1. The third-order valence-electron chi connectivity index (χ3n) is 5.12. The molecule has 0 saturated heterocycles. The van der Waals surface area contributed by atoms with Crippen LogP contribution in [0.15, 0.2) is 77.8 Å². The van der Waals surface area contributed by atoms with Gasteiger partial charge in [0.1, 0.15) is 11.5 Å². The predicted octanol–water partition coefficient (Wildman–Crippen LogP) is 8.00. The van der Waals surface area contributed by atoms with E-state index in [1.807, 2.05) is 48.5 Å². The van der Waals surface area contributed by atoms with Crippen LogP contribution in [0.1, 0.15) is 61.4 Å². The highest BCUT2D eigenvalue weighted by molar-refractivity contribution is 14.1. The number of nitrogens with zero attached hydrogens (tertiary/aromatic N) is 1. The normalized spacial score (nSPS) is 11.0. The van der Waals surface area contributed by atoms with Crippen molar-refractivity contribution in [2.24, 2.45) is 4.99 Å². The van der Waals surface area contributed by atoms with Crippen molar-refractivity contribution in [3.05, 3.63) is 87.5 Å². The SMILES string of the molecule is CCCCCCCCOc1ccc(C(=O)Oc2ccc(C=Nc3cccc(I)c3)cc2)cc1. The third-order valence-corrected chi connectivity index (χ3v) is 5.79. The Hall–Kier alpha value is -2.67. The number of hydrogen-bond donors (Lipinski definition) is 0. The molecule has 0 aliphatic carbocycles. The van der Waals surface area contributed by atoms with Gasteiger partial charge in [-0.1, -0.05) is 45.1 Å². The van der Waals surface area contributed by atoms with Gasteiger partial charge in [-0.25, -0.2) is 4.79 Å². The number of aliphatic imine (C=N–C) groups is 1. The molecule has 0 fully saturated rings. The fraction of sp³-hybridized carbons (Fsp3) is 0.286. The lowest BCUT2D eigenvalue weighted by molar-refractivity contribution is 0.0734. The van der Waals surface area contributed by atoms with E-state index in [2.05, 4.69) is 34.5 Å². The molecule has 0 N–H and O–H groups in total. The summed E-state index contributed by atoms with van der Waals surface area (Å²) in [4.78, 5) is 16.9. The molecule has 0 aliphatic heterocycles. The Kier molecular flexibility index (Phi) is 10.4. The number of esters is 1. The summed E-state index contributed by atoms with van der Waals surface area (Å²) in [5.74, 6) is 0.879. The van der Waals surface area contributed by atoms with E-state index in [4.69, 9.17) is 9.47 Å². The van der Waals surface area contributed by atoms with Crippen LogP contribution in [-0.2, 0) is 0 Å². The van der Waals surface area contributed by atoms with Gasteiger partial charge in [-0.05, 0) is 101 Å². The maximum atomic E-state index is 12.4. The van der Waals surface area contributed by atoms with Crippen molar-refractivity contribution in [3.8, 4) is 11.5 Å². The summed E-state index contributed by atoms with van der Waals surface area (Å²) < 4.78 is 12.4. The van der Waals surface area contributed by atoms with Gasteiger partial charge in [0, 0.05) is 9.78 Å². The van der Waals surface area contributed by atoms with E-state index in [1.54, 1.807) is 30.5 Å². The summed E-state index contributed by atoms with van der Waals surface area (Å²) in [5, 5.41) is 0. The molecule has 0 radical (unpaired) electrons. The van der Waals surface area contributed by atoms with Crippen LogP contribution in [-0.4, -0.2) is 18.8 Å². The summed E-state index contributed by atoms with van der Waals surface area (Å²) in [6.45, 7) is 2.93. The number of unbranched alkanes of at least 4 members (excludes halogenated alkanes) is 5. The van der Waals surface area contributed by atoms with Gasteiger partial charge in [0.25, 0.3) is 0 Å². The Morgan fingerprint density at radius 1 is 0.879 bits per heavy atom. The zero-order valence-electron chi connectivity index (χ0n) is 19.0. The second kappa shape index (κ2) is 13.8. The maximum Gasteiger partial charge on any atom is 0.343 e. The molecule has 0 bridgehead atoms. The molecule has 5 heteroatoms. The fourth-order valence-electron chi connectivity index (χ4n) is 3.25. The highest BCUT2D eigenvalue weighted by Crippen LogP contribution is 2.18. The molecule has 0 aliphatic rings. The first-order valence-electron chi connectivity index (χ1n) is 11.5. The summed E-state index contributed by atoms with van der Waals surface area (Å²) in [6.07, 6.45) is 9.18. The first-order chi connectivity index (χ1) is 16.1. The largest absolute Gasteiger partial charge is 0.494 e. The number of benzene rings is 3. The van der Waals surface area contributed by atoms with Crippen LogP contribution in [0.2, 0.25) is 0 Å². The number of carbonyl (C=O) groups excluding carboxylic acids is 1. The Balaban J connectivity index is 1.44. The van der Waals surface area contributed by atoms with Gasteiger partial charge in [-0.15, -0.1) is 0 Å². The van der Waals surface area contributed by atoms with Crippen LogP contribution in [0.4, 0.5) is 5.69 Å². The average Bonchev–Trinajstić information content (AvgIpc) is 2.83. The Bertz CT molecular complexity index is 1030. The minimum Gasteiger partial charge on any atom is -0.494 e. The summed E-state index contributed by atoms with van der Waals surface area (Å²) in [6, 6.07) is 22.4. The predicted molar refractivity (Wildman–Crippen MR) is 143 cm³/mol. The van der Waals surface area contributed by atoms with E-state index in [-0.39, 0.29) is 0 Å². The van der Waals surface area contributed by atoms with Crippen LogP contribution in [0.3, 0.4) is 0 Å². The number of halogens is 1. The first kappa shape index (κ1) is 25.0. The topological polar surface area (TPSA) is 47.9 Å². The van der Waals surface area contributed by atoms with Gasteiger partial charge in [-0.3, -0.25) is 4.99 Å². The molecule has 0 unspecified atom stereocenters. The monoisotopic (exact) mass is 555 g/mol. The standard InChI is InChI=1S/C28H30INO3/c1-2-3-4-5-6-7-19-32-26-17-13-23(14-18-26)28(31)33-27-15-11-22(12-16-27)21-30-25-10-8-9-24(29)20-25/h8-18,20-21H,2-7,19H2,1H3. The van der Waals surface area contributed by atoms with Crippen molar-refractivity contribution in [3.63, 3.8) is 0 Å². The number of ether oxygens (including phenoxy) is 2. The molecule has 33 heavy (non-hydrogen) atoms. The maximum absolute atomic E-state index is 12.4. The van der Waals surface area contributed by atoms with Crippen molar-refractivity contribution < 1.29 is 14.3 Å². The molecular weight excluding hydrogens is 525 g/mol. The fourth-order valence-corrected chi connectivity index (χ4v) is 3.78. The molecule has 3 aromatic carbocycles. The zero-order chi connectivity index (χ0) is 23.3. The van der Waals surface area contributed by atoms with Gasteiger partial charge in [0.05, 0.1) is 17.9 Å². The number of rotatable bonds is 12. The second-order valence-corrected chi connectivity index (χ2v) is 9.08. The van der Waals surface area contributed by atoms with Crippen LogP contribution in [0, 0.1) is 3.57 Å². The summed E-state index contributed by atoms with van der Waals surface area (Å²) in [7, 11) is 0. The third kappa shape index (κ3) is 9.00. The van der Waals surface area contributed by atoms with Gasteiger partial charge in [-0.2, -0.15) is 0 Å². The van der Waals surface area contributed by atoms with Gasteiger partial charge in [0.15, 0.2) is 0 Å². The van der Waals surface area contributed by atoms with Crippen molar-refractivity contribution in [2.75, 3.05) is 6.61 Å². The molecule has 0 saturated carbocycles. The van der Waals surface area contributed by atoms with Crippen LogP contribution in [0.25, 0.3) is 0 Å². The molecule has 4 nitrogen and oxygen atoms in total. The van der Waals surface area contributed by atoms with Crippen molar-refractivity contribution in [1.29, 1.82) is 0 Å². The molecule has 3 rings (SSSR count). The number of hydrogen-bond acceptors (Lipinski definition) is 4. The first-order valence-corrected chi connectivity index (χ1v) is 12.6. The van der Waals surface area contributed by atoms with Gasteiger partial charge in [0.2, 0.25) is 0 Å². The molecule has 0 heterocycles. The lowest BCUT2D eigenvalue weighted by Gasteiger charge is -2.08. The van der Waals surface area contributed by atoms with Crippen LogP contribution >= 0.6 is 22.6 Å². The lowest BCUT2D eigenvalue weighted by atomic mass is 10.1. The van der Waals surface area contributed by atoms with E-state index in [9.17, 15) is 4.79 Å². The molecule has 0 atom stereocenters. The van der Waals surface area contributed by atoms with Crippen LogP contribution in [0.5, 0.6) is 11.5 Å². The van der Waals surface area contributed by atoms with Crippen LogP contribution < -0.4 is 9.47 Å². The highest BCUT2D eigenvalue weighted by atomic mass is 127. The van der Waals surface area contributed by atoms with Crippen molar-refractivity contribution in [1.82, 2.24) is 0 Å². The molecule has 0 spiro atoms. The molecule has 172 valence electrons. The quantitative estimate of drug-likeness (QED) is 0.0748.